The molecule has 15 nitrogen and oxygen atoms in total. The van der Waals surface area contributed by atoms with Crippen molar-refractivity contribution in [3.8, 4) is 0 Å². The molecular weight excluding hydrogens is 981 g/mol. The van der Waals surface area contributed by atoms with Crippen LogP contribution in [0.1, 0.15) is 43.6 Å². The third-order valence-electron chi connectivity index (χ3n) is 13.2. The fraction of sp³-hybridized carbons (Fsp3) is 0.388. The molecule has 0 aliphatic carbocycles. The Morgan fingerprint density at radius 2 is 1.03 bits per heavy atom. The Hall–Kier alpha value is -5.33. The number of nitrogens with one attached hydrogen (secondary N) is 1. The van der Waals surface area contributed by atoms with Crippen molar-refractivity contribution in [3.63, 3.8) is 0 Å². The second-order valence-electron chi connectivity index (χ2n) is 17.6. The summed E-state index contributed by atoms with van der Waals surface area (Å²) >= 11 is 12.3. The summed E-state index contributed by atoms with van der Waals surface area (Å²) in [6, 6.07) is 26.1. The van der Waals surface area contributed by atoms with E-state index >= 15 is 0 Å². The molecule has 2 amide bonds. The second kappa shape index (κ2) is 21.3. The van der Waals surface area contributed by atoms with E-state index in [1.54, 1.807) is 43.3 Å². The molecule has 1 aromatic heterocycles. The van der Waals surface area contributed by atoms with Crippen molar-refractivity contribution in [2.75, 3.05) is 89.8 Å². The van der Waals surface area contributed by atoms with Crippen molar-refractivity contribution >= 4 is 93.3 Å². The quantitative estimate of drug-likeness (QED) is 0.138. The summed E-state index contributed by atoms with van der Waals surface area (Å²) in [6.07, 6.45) is 5.47. The number of carbonyl (C=O) groups excluding carboxylic acids is 2. The number of anilines is 5. The van der Waals surface area contributed by atoms with Gasteiger partial charge >= 0.3 is 0 Å². The molecule has 0 bridgehead atoms. The minimum atomic E-state index is -3.77. The molecule has 0 unspecified atom stereocenters. The van der Waals surface area contributed by atoms with Gasteiger partial charge in [-0.3, -0.25) is 14.3 Å². The molecule has 5 heterocycles. The van der Waals surface area contributed by atoms with Crippen LogP contribution in [0.15, 0.2) is 107 Å². The number of hydrogen-bond acceptors (Lipinski definition) is 12. The van der Waals surface area contributed by atoms with Crippen molar-refractivity contribution < 1.29 is 26.4 Å². The first-order valence-corrected chi connectivity index (χ1v) is 27.6. The lowest BCUT2D eigenvalue weighted by Gasteiger charge is -2.41. The third kappa shape index (κ3) is 11.8. The highest BCUT2D eigenvalue weighted by atomic mass is 35.7. The summed E-state index contributed by atoms with van der Waals surface area (Å²) in [7, 11) is -2.10. The number of halogens is 3. The number of hydrogen-bond donors (Lipinski definition) is 1. The topological polar surface area (TPSA) is 160 Å². The van der Waals surface area contributed by atoms with Gasteiger partial charge in [0.15, 0.2) is 0 Å². The van der Waals surface area contributed by atoms with Gasteiger partial charge in [-0.15, -0.1) is 0 Å². The maximum absolute atomic E-state index is 13.4. The van der Waals surface area contributed by atoms with E-state index in [0.717, 1.165) is 71.6 Å². The van der Waals surface area contributed by atoms with Crippen molar-refractivity contribution in [1.29, 1.82) is 0 Å². The Morgan fingerprint density at radius 1 is 0.594 bits per heavy atom. The van der Waals surface area contributed by atoms with E-state index in [-0.39, 0.29) is 39.5 Å². The third-order valence-corrected chi connectivity index (χ3v) is 16.4. The van der Waals surface area contributed by atoms with Crippen LogP contribution in [0, 0.1) is 6.92 Å². The van der Waals surface area contributed by atoms with Crippen molar-refractivity contribution in [2.24, 2.45) is 0 Å². The maximum Gasteiger partial charge on any atom is 0.263 e. The SMILES string of the molecule is C[C@H](C(=O)N1CCN(c2ccc(S(=O)(=O)Cl)cc2)CC1)N1CCCc2cc(Cl)ccc21.Cc1nccc(NS(=O)(=O)c2ccc(N3CCN(C(=O)[C@@H](C)N4CCCc5cc(Cl)ccc54)CC3)cc2)n1. The van der Waals surface area contributed by atoms with Crippen LogP contribution in [0.5, 0.6) is 0 Å². The Labute approximate surface area is 419 Å². The van der Waals surface area contributed by atoms with Crippen molar-refractivity contribution in [2.45, 2.75) is 68.3 Å². The molecule has 0 saturated carbocycles. The Balaban J connectivity index is 0.000000190. The molecule has 4 aromatic carbocycles. The van der Waals surface area contributed by atoms with Gasteiger partial charge in [0.2, 0.25) is 11.8 Å². The first-order chi connectivity index (χ1) is 32.9. The number of rotatable bonds is 10. The zero-order chi connectivity index (χ0) is 49.0. The van der Waals surface area contributed by atoms with Crippen LogP contribution < -0.4 is 24.3 Å². The van der Waals surface area contributed by atoms with Gasteiger partial charge in [-0.1, -0.05) is 23.2 Å². The Morgan fingerprint density at radius 3 is 1.45 bits per heavy atom. The molecule has 4 aliphatic heterocycles. The van der Waals surface area contributed by atoms with Gasteiger partial charge in [-0.05, 0) is 149 Å². The van der Waals surface area contributed by atoms with Gasteiger partial charge in [-0.2, -0.15) is 0 Å². The molecule has 2 saturated heterocycles. The van der Waals surface area contributed by atoms with E-state index in [1.807, 2.05) is 60.0 Å². The fourth-order valence-corrected chi connectivity index (χ4v) is 11.7. The van der Waals surface area contributed by atoms with E-state index in [1.165, 1.54) is 35.5 Å². The van der Waals surface area contributed by atoms with Crippen molar-refractivity contribution in [3.05, 3.63) is 124 Å². The zero-order valence-corrected chi connectivity index (χ0v) is 42.7. The number of aromatic nitrogens is 2. The van der Waals surface area contributed by atoms with Crippen LogP contribution in [0.4, 0.5) is 28.6 Å². The van der Waals surface area contributed by atoms with E-state index in [0.29, 0.717) is 58.2 Å². The minimum Gasteiger partial charge on any atom is -0.368 e. The number of aryl methyl sites for hydroxylation is 3. The molecule has 1 N–H and O–H groups in total. The normalized spacial score (nSPS) is 17.2. The van der Waals surface area contributed by atoms with E-state index < -0.39 is 19.1 Å². The molecule has 69 heavy (non-hydrogen) atoms. The first-order valence-electron chi connectivity index (χ1n) is 23.1. The predicted octanol–water partition coefficient (Wildman–Crippen LogP) is 7.49. The molecule has 2 atom stereocenters. The molecule has 366 valence electrons. The standard InChI is InChI=1S/C27H31ClN6O3S.C22H25Cl2N3O3S/c1-19(34-13-3-4-21-18-22(28)5-10-25(21)34)27(35)33-16-14-32(15-17-33)23-6-8-24(9-7-23)38(36,37)31-26-11-12-29-20(2)30-26;1-16(27-10-2-3-17-15-18(23)4-9-21(17)27)22(28)26-13-11-25(12-14-26)19-5-7-20(8-6-19)31(24,29)30/h5-12,18-19H,3-4,13-17H2,1-2H3,(H,29,30,31);4-9,15-16H,2-3,10-14H2,1H3/t19-;16-/m11/s1. The lowest BCUT2D eigenvalue weighted by atomic mass is 10.00. The summed E-state index contributed by atoms with van der Waals surface area (Å²) in [5.74, 6) is 0.970. The molecule has 5 aromatic rings. The monoisotopic (exact) mass is 1040 g/mol. The predicted molar refractivity (Wildman–Crippen MR) is 274 cm³/mol. The number of amides is 2. The summed E-state index contributed by atoms with van der Waals surface area (Å²) in [5, 5.41) is 1.45. The number of piperazine rings is 2. The van der Waals surface area contributed by atoms with Gasteiger partial charge in [0.25, 0.3) is 19.1 Å². The van der Waals surface area contributed by atoms with Crippen LogP contribution in [-0.2, 0) is 41.5 Å². The molecule has 0 spiro atoms. The van der Waals surface area contributed by atoms with Gasteiger partial charge in [-0.25, -0.2) is 26.8 Å². The summed E-state index contributed by atoms with van der Waals surface area (Å²) in [6.45, 7) is 12.6. The second-order valence-corrected chi connectivity index (χ2v) is 22.8. The average molecular weight is 1040 g/mol. The van der Waals surface area contributed by atoms with E-state index in [2.05, 4.69) is 34.3 Å². The van der Waals surface area contributed by atoms with Gasteiger partial charge in [0, 0.05) is 115 Å². The number of carbonyl (C=O) groups is 2. The van der Waals surface area contributed by atoms with Crippen LogP contribution in [0.3, 0.4) is 0 Å². The first kappa shape index (κ1) is 50.1. The molecular formula is C49H56Cl3N9O6S2. The number of sulfonamides is 1. The molecule has 4 aliphatic rings. The van der Waals surface area contributed by atoms with Crippen LogP contribution in [0.2, 0.25) is 10.0 Å². The highest BCUT2D eigenvalue weighted by Gasteiger charge is 2.33. The zero-order valence-electron chi connectivity index (χ0n) is 38.8. The summed E-state index contributed by atoms with van der Waals surface area (Å²) in [4.78, 5) is 47.5. The van der Waals surface area contributed by atoms with Gasteiger partial charge in [0.1, 0.15) is 23.7 Å². The van der Waals surface area contributed by atoms with Crippen LogP contribution in [-0.4, -0.2) is 126 Å². The number of fused-ring (bicyclic) bond motifs is 2. The molecule has 0 radical (unpaired) electrons. The summed E-state index contributed by atoms with van der Waals surface area (Å²) < 4.78 is 50.9. The largest absolute Gasteiger partial charge is 0.368 e. The molecule has 2 fully saturated rings. The van der Waals surface area contributed by atoms with Gasteiger partial charge < -0.3 is 29.4 Å². The fourth-order valence-electron chi connectivity index (χ4n) is 9.52. The smallest absolute Gasteiger partial charge is 0.263 e. The Kier molecular flexibility index (Phi) is 15.5. The van der Waals surface area contributed by atoms with Gasteiger partial charge in [0.05, 0.1) is 9.79 Å². The van der Waals surface area contributed by atoms with Crippen molar-refractivity contribution in [1.82, 2.24) is 19.8 Å². The molecule has 20 heteroatoms. The van der Waals surface area contributed by atoms with Crippen LogP contribution >= 0.6 is 33.9 Å². The maximum atomic E-state index is 13.4. The number of benzene rings is 4. The molecule has 9 rings (SSSR count). The van der Waals surface area contributed by atoms with Crippen LogP contribution in [0.25, 0.3) is 0 Å². The average Bonchev–Trinajstić information content (AvgIpc) is 3.35. The Bertz CT molecular complexity index is 2880. The van der Waals surface area contributed by atoms with E-state index in [4.69, 9.17) is 33.9 Å². The minimum absolute atomic E-state index is 0.0867. The number of nitrogens with zero attached hydrogens (tertiary/aromatic N) is 8. The highest BCUT2D eigenvalue weighted by molar-refractivity contribution is 8.13. The highest BCUT2D eigenvalue weighted by Crippen LogP contribution is 2.33. The lowest BCUT2D eigenvalue weighted by Crippen LogP contribution is -2.55. The summed E-state index contributed by atoms with van der Waals surface area (Å²) in [5.41, 5.74) is 6.44. The van der Waals surface area contributed by atoms with E-state index in [9.17, 15) is 26.4 Å². The lowest BCUT2D eigenvalue weighted by molar-refractivity contribution is -0.133.